The monoisotopic (exact) mass is 234 g/mol. The lowest BCUT2D eigenvalue weighted by Crippen LogP contribution is -2.25. The summed E-state index contributed by atoms with van der Waals surface area (Å²) >= 11 is 0. The molecule has 0 amide bonds. The number of hydrogen-bond acceptors (Lipinski definition) is 4. The van der Waals surface area contributed by atoms with Gasteiger partial charge in [0.25, 0.3) is 0 Å². The quantitative estimate of drug-likeness (QED) is 0.473. The number of carbonyl (C=O) groups excluding carboxylic acids is 1. The van der Waals surface area contributed by atoms with Crippen molar-refractivity contribution < 1.29 is 18.4 Å². The molecule has 1 unspecified atom stereocenters. The number of hydrogen-bond donors (Lipinski definition) is 0. The second kappa shape index (κ2) is 8.88. The van der Waals surface area contributed by atoms with Gasteiger partial charge in [-0.15, -0.1) is 0 Å². The Kier molecular flexibility index (Phi) is 8.65. The SMILES string of the molecule is CCCC(=O)OCCC(C)[SiH](OC)OC. The van der Waals surface area contributed by atoms with Crippen LogP contribution in [0.5, 0.6) is 0 Å². The predicted octanol–water partition coefficient (Wildman–Crippen LogP) is 1.62. The molecule has 0 aromatic carbocycles. The van der Waals surface area contributed by atoms with Gasteiger partial charge in [0.1, 0.15) is 0 Å². The first-order valence-corrected chi connectivity index (χ1v) is 6.97. The van der Waals surface area contributed by atoms with Gasteiger partial charge in [-0.3, -0.25) is 4.79 Å². The Balaban J connectivity index is 3.61. The smallest absolute Gasteiger partial charge is 0.323 e. The van der Waals surface area contributed by atoms with E-state index in [4.69, 9.17) is 13.6 Å². The van der Waals surface area contributed by atoms with Crippen molar-refractivity contribution in [1.29, 1.82) is 0 Å². The lowest BCUT2D eigenvalue weighted by Gasteiger charge is -2.18. The molecule has 4 nitrogen and oxygen atoms in total. The summed E-state index contributed by atoms with van der Waals surface area (Å²) < 4.78 is 15.5. The van der Waals surface area contributed by atoms with Crippen molar-refractivity contribution in [2.24, 2.45) is 0 Å². The molecule has 0 aliphatic heterocycles. The van der Waals surface area contributed by atoms with Crippen molar-refractivity contribution in [2.45, 2.75) is 38.7 Å². The zero-order chi connectivity index (χ0) is 11.7. The fourth-order valence-corrected chi connectivity index (χ4v) is 2.86. The molecule has 0 aliphatic carbocycles. The highest BCUT2D eigenvalue weighted by Crippen LogP contribution is 2.15. The maximum Gasteiger partial charge on any atom is 0.323 e. The fourth-order valence-electron chi connectivity index (χ4n) is 1.33. The van der Waals surface area contributed by atoms with E-state index in [0.717, 1.165) is 12.8 Å². The van der Waals surface area contributed by atoms with Crippen LogP contribution in [0.2, 0.25) is 5.54 Å². The van der Waals surface area contributed by atoms with E-state index in [1.165, 1.54) is 0 Å². The van der Waals surface area contributed by atoms with Crippen molar-refractivity contribution in [3.63, 3.8) is 0 Å². The Hall–Kier alpha value is -0.393. The second-order valence-electron chi connectivity index (χ2n) is 3.58. The van der Waals surface area contributed by atoms with Crippen molar-refractivity contribution in [3.05, 3.63) is 0 Å². The molecule has 15 heavy (non-hydrogen) atoms. The van der Waals surface area contributed by atoms with Gasteiger partial charge >= 0.3 is 15.3 Å². The normalized spacial score (nSPS) is 12.9. The Labute approximate surface area is 93.8 Å². The summed E-state index contributed by atoms with van der Waals surface area (Å²) in [6.07, 6.45) is 2.15. The molecule has 0 saturated carbocycles. The number of rotatable bonds is 8. The minimum atomic E-state index is -1.56. The number of carbonyl (C=O) groups is 1. The molecule has 0 spiro atoms. The summed E-state index contributed by atoms with van der Waals surface area (Å²) in [7, 11) is 1.78. The van der Waals surface area contributed by atoms with E-state index in [1.807, 2.05) is 6.92 Å². The van der Waals surface area contributed by atoms with E-state index < -0.39 is 9.28 Å². The van der Waals surface area contributed by atoms with Gasteiger partial charge in [0.05, 0.1) is 6.61 Å². The average molecular weight is 234 g/mol. The maximum absolute atomic E-state index is 11.1. The zero-order valence-corrected chi connectivity index (χ0v) is 11.3. The van der Waals surface area contributed by atoms with E-state index in [9.17, 15) is 4.79 Å². The first-order valence-electron chi connectivity index (χ1n) is 5.36. The molecule has 0 aromatic rings. The summed E-state index contributed by atoms with van der Waals surface area (Å²) in [5, 5.41) is 0. The van der Waals surface area contributed by atoms with E-state index in [-0.39, 0.29) is 5.97 Å². The number of esters is 1. The summed E-state index contributed by atoms with van der Waals surface area (Å²) in [6, 6.07) is 0. The van der Waals surface area contributed by atoms with Crippen LogP contribution in [0.3, 0.4) is 0 Å². The molecule has 0 aliphatic rings. The van der Waals surface area contributed by atoms with Crippen LogP contribution in [-0.2, 0) is 18.4 Å². The molecule has 1 atom stereocenters. The first-order chi connectivity index (χ1) is 7.15. The van der Waals surface area contributed by atoms with Gasteiger partial charge in [-0.25, -0.2) is 0 Å². The maximum atomic E-state index is 11.1. The van der Waals surface area contributed by atoms with E-state index in [1.54, 1.807) is 14.2 Å². The highest BCUT2D eigenvalue weighted by Gasteiger charge is 2.19. The molecule has 5 heteroatoms. The minimum absolute atomic E-state index is 0.113. The van der Waals surface area contributed by atoms with Gasteiger partial charge in [0.15, 0.2) is 0 Å². The molecule has 0 aromatic heterocycles. The van der Waals surface area contributed by atoms with Gasteiger partial charge in [-0.2, -0.15) is 0 Å². The highest BCUT2D eigenvalue weighted by atomic mass is 28.3. The Bertz CT molecular complexity index is 171. The lowest BCUT2D eigenvalue weighted by molar-refractivity contribution is -0.143. The molecule has 0 heterocycles. The van der Waals surface area contributed by atoms with Crippen LogP contribution < -0.4 is 0 Å². The van der Waals surface area contributed by atoms with Crippen LogP contribution in [0.25, 0.3) is 0 Å². The topological polar surface area (TPSA) is 44.8 Å². The van der Waals surface area contributed by atoms with Crippen molar-refractivity contribution in [2.75, 3.05) is 20.8 Å². The van der Waals surface area contributed by atoms with E-state index in [2.05, 4.69) is 6.92 Å². The van der Waals surface area contributed by atoms with Crippen LogP contribution in [0, 0.1) is 0 Å². The third kappa shape index (κ3) is 6.65. The molecule has 0 N–H and O–H groups in total. The van der Waals surface area contributed by atoms with Crippen LogP contribution in [-0.4, -0.2) is 36.1 Å². The van der Waals surface area contributed by atoms with E-state index >= 15 is 0 Å². The first kappa shape index (κ1) is 14.6. The van der Waals surface area contributed by atoms with Gasteiger partial charge in [-0.1, -0.05) is 13.8 Å². The average Bonchev–Trinajstić information content (AvgIpc) is 2.20. The van der Waals surface area contributed by atoms with Crippen LogP contribution in [0.15, 0.2) is 0 Å². The molecule has 0 radical (unpaired) electrons. The zero-order valence-electron chi connectivity index (χ0n) is 10.1. The van der Waals surface area contributed by atoms with E-state index in [0.29, 0.717) is 18.6 Å². The molecule has 90 valence electrons. The highest BCUT2D eigenvalue weighted by molar-refractivity contribution is 6.46. The molecular formula is C10H22O4Si. The number of ether oxygens (including phenoxy) is 1. The standard InChI is InChI=1S/C10H22O4Si/c1-5-6-10(11)14-8-7-9(2)15(12-3)13-4/h9,15H,5-8H2,1-4H3. The Morgan fingerprint density at radius 2 is 1.93 bits per heavy atom. The molecular weight excluding hydrogens is 212 g/mol. The summed E-state index contributed by atoms with van der Waals surface area (Å²) in [4.78, 5) is 11.1. The van der Waals surface area contributed by atoms with Gasteiger partial charge < -0.3 is 13.6 Å². The minimum Gasteiger partial charge on any atom is -0.466 e. The largest absolute Gasteiger partial charge is 0.466 e. The fraction of sp³-hybridized carbons (Fsp3) is 0.900. The van der Waals surface area contributed by atoms with Gasteiger partial charge in [0.2, 0.25) is 0 Å². The van der Waals surface area contributed by atoms with Crippen molar-refractivity contribution >= 4 is 15.3 Å². The van der Waals surface area contributed by atoms with Crippen molar-refractivity contribution in [3.8, 4) is 0 Å². The Morgan fingerprint density at radius 1 is 1.33 bits per heavy atom. The Morgan fingerprint density at radius 3 is 2.40 bits per heavy atom. The van der Waals surface area contributed by atoms with Crippen molar-refractivity contribution in [1.82, 2.24) is 0 Å². The third-order valence-electron chi connectivity index (χ3n) is 2.22. The third-order valence-corrected chi connectivity index (χ3v) is 4.41. The molecule has 0 bridgehead atoms. The summed E-state index contributed by atoms with van der Waals surface area (Å²) in [5.74, 6) is -0.113. The molecule has 0 fully saturated rings. The van der Waals surface area contributed by atoms with Gasteiger partial charge in [0, 0.05) is 26.2 Å². The second-order valence-corrected chi connectivity index (χ2v) is 6.39. The van der Waals surface area contributed by atoms with Gasteiger partial charge in [-0.05, 0) is 12.8 Å². The van der Waals surface area contributed by atoms with Crippen LogP contribution in [0.1, 0.15) is 33.1 Å². The summed E-state index contributed by atoms with van der Waals surface area (Å²) in [5.41, 5.74) is 0.356. The summed E-state index contributed by atoms with van der Waals surface area (Å²) in [6.45, 7) is 4.50. The lowest BCUT2D eigenvalue weighted by atomic mass is 10.3. The molecule has 0 saturated heterocycles. The van der Waals surface area contributed by atoms with Crippen LogP contribution >= 0.6 is 0 Å². The molecule has 0 rings (SSSR count). The van der Waals surface area contributed by atoms with Crippen LogP contribution in [0.4, 0.5) is 0 Å². The predicted molar refractivity (Wildman–Crippen MR) is 61.1 cm³/mol.